The molecule has 4 aromatic rings. The topological polar surface area (TPSA) is 58.6 Å². The van der Waals surface area contributed by atoms with Gasteiger partial charge in [-0.25, -0.2) is 4.39 Å². The molecule has 0 saturated carbocycles. The minimum absolute atomic E-state index is 0.133. The summed E-state index contributed by atoms with van der Waals surface area (Å²) in [6.45, 7) is 4.39. The largest absolute Gasteiger partial charge is 0.483 e. The van der Waals surface area contributed by atoms with Crippen LogP contribution in [0.3, 0.4) is 0 Å². The summed E-state index contributed by atoms with van der Waals surface area (Å²) in [4.78, 5) is 28.8. The number of halogens is 2. The van der Waals surface area contributed by atoms with Crippen LogP contribution in [-0.4, -0.2) is 35.9 Å². The van der Waals surface area contributed by atoms with Gasteiger partial charge in [-0.05, 0) is 61.9 Å². The quantitative estimate of drug-likeness (QED) is 0.216. The molecule has 0 radical (unpaired) electrons. The highest BCUT2D eigenvalue weighted by Crippen LogP contribution is 2.33. The van der Waals surface area contributed by atoms with Crippen molar-refractivity contribution in [1.29, 1.82) is 0 Å². The van der Waals surface area contributed by atoms with Gasteiger partial charge in [0.1, 0.15) is 17.6 Å². The first-order chi connectivity index (χ1) is 18.8. The SMILES string of the molecule is CC(C)CNC(=O)[C@@H](Cc1ccccc1)N(Cc1ccc(F)cc1)C(=O)COc1ccc2ccccc2c1Br. The van der Waals surface area contributed by atoms with E-state index in [0.29, 0.717) is 24.3 Å². The Labute approximate surface area is 237 Å². The summed E-state index contributed by atoms with van der Waals surface area (Å²) in [7, 11) is 0. The van der Waals surface area contributed by atoms with Crippen molar-refractivity contribution in [2.45, 2.75) is 32.9 Å². The number of benzene rings is 4. The number of carbonyl (C=O) groups is 2. The van der Waals surface area contributed by atoms with E-state index in [1.54, 1.807) is 12.1 Å². The first-order valence-corrected chi connectivity index (χ1v) is 13.8. The third-order valence-corrected chi connectivity index (χ3v) is 7.22. The summed E-state index contributed by atoms with van der Waals surface area (Å²) in [6, 6.07) is 26.4. The van der Waals surface area contributed by atoms with Crippen LogP contribution in [0, 0.1) is 11.7 Å². The minimum Gasteiger partial charge on any atom is -0.483 e. The molecule has 0 unspecified atom stereocenters. The molecule has 4 aromatic carbocycles. The molecule has 1 atom stereocenters. The molecule has 202 valence electrons. The molecule has 39 heavy (non-hydrogen) atoms. The Morgan fingerprint density at radius 2 is 1.59 bits per heavy atom. The molecular formula is C32H32BrFN2O3. The molecule has 0 heterocycles. The number of hydrogen-bond acceptors (Lipinski definition) is 3. The van der Waals surface area contributed by atoms with E-state index in [4.69, 9.17) is 4.74 Å². The maximum absolute atomic E-state index is 13.8. The zero-order chi connectivity index (χ0) is 27.8. The molecule has 0 saturated heterocycles. The summed E-state index contributed by atoms with van der Waals surface area (Å²) >= 11 is 3.61. The number of rotatable bonds is 11. The minimum atomic E-state index is -0.785. The predicted molar refractivity (Wildman–Crippen MR) is 156 cm³/mol. The molecule has 0 aliphatic heterocycles. The molecular weight excluding hydrogens is 559 g/mol. The summed E-state index contributed by atoms with van der Waals surface area (Å²) in [6.07, 6.45) is 0.331. The highest BCUT2D eigenvalue weighted by atomic mass is 79.9. The van der Waals surface area contributed by atoms with Gasteiger partial charge in [-0.15, -0.1) is 0 Å². The smallest absolute Gasteiger partial charge is 0.261 e. The van der Waals surface area contributed by atoms with Crippen LogP contribution in [0.4, 0.5) is 4.39 Å². The van der Waals surface area contributed by atoms with Gasteiger partial charge >= 0.3 is 0 Å². The standard InChI is InChI=1S/C32H32BrFN2O3/c1-22(2)19-35-32(38)28(18-23-8-4-3-5-9-23)36(20-24-12-15-26(34)16-13-24)30(37)21-39-29-17-14-25-10-6-7-11-27(25)31(29)33/h3-17,22,28H,18-21H2,1-2H3,(H,35,38)/t28-/m1/s1. The number of hydrogen-bond donors (Lipinski definition) is 1. The van der Waals surface area contributed by atoms with Gasteiger partial charge in [0, 0.05) is 19.5 Å². The molecule has 4 rings (SSSR count). The van der Waals surface area contributed by atoms with E-state index >= 15 is 0 Å². The number of fused-ring (bicyclic) bond motifs is 1. The maximum atomic E-state index is 13.8. The van der Waals surface area contributed by atoms with E-state index in [2.05, 4.69) is 21.2 Å². The molecule has 1 N–H and O–H groups in total. The normalized spacial score (nSPS) is 11.8. The highest BCUT2D eigenvalue weighted by molar-refractivity contribution is 9.10. The molecule has 2 amide bonds. The Morgan fingerprint density at radius 1 is 0.897 bits per heavy atom. The fraction of sp³-hybridized carbons (Fsp3) is 0.250. The van der Waals surface area contributed by atoms with Crippen molar-refractivity contribution in [3.8, 4) is 5.75 Å². The zero-order valence-electron chi connectivity index (χ0n) is 22.1. The van der Waals surface area contributed by atoms with Crippen molar-refractivity contribution in [1.82, 2.24) is 10.2 Å². The van der Waals surface area contributed by atoms with E-state index in [9.17, 15) is 14.0 Å². The second kappa shape index (κ2) is 13.4. The number of carbonyl (C=O) groups excluding carboxylic acids is 2. The molecule has 0 fully saturated rings. The molecule has 7 heteroatoms. The molecule has 0 aromatic heterocycles. The van der Waals surface area contributed by atoms with Gasteiger partial charge in [0.2, 0.25) is 5.91 Å². The Hall–Kier alpha value is -3.71. The lowest BCUT2D eigenvalue weighted by molar-refractivity contribution is -0.142. The average molecular weight is 592 g/mol. The number of ether oxygens (including phenoxy) is 1. The van der Waals surface area contributed by atoms with Gasteiger partial charge in [-0.2, -0.15) is 0 Å². The Kier molecular flexibility index (Phi) is 9.71. The number of nitrogens with zero attached hydrogens (tertiary/aromatic N) is 1. The van der Waals surface area contributed by atoms with E-state index in [-0.39, 0.29) is 36.7 Å². The van der Waals surface area contributed by atoms with Crippen LogP contribution in [0.5, 0.6) is 5.75 Å². The van der Waals surface area contributed by atoms with Crippen molar-refractivity contribution in [3.05, 3.63) is 112 Å². The second-order valence-electron chi connectivity index (χ2n) is 9.88. The summed E-state index contributed by atoms with van der Waals surface area (Å²) in [5, 5.41) is 5.01. The molecule has 0 bridgehead atoms. The number of nitrogens with one attached hydrogen (secondary N) is 1. The molecule has 5 nitrogen and oxygen atoms in total. The van der Waals surface area contributed by atoms with Crippen LogP contribution >= 0.6 is 15.9 Å². The average Bonchev–Trinajstić information content (AvgIpc) is 2.94. The molecule has 0 spiro atoms. The van der Waals surface area contributed by atoms with Gasteiger partial charge in [-0.3, -0.25) is 9.59 Å². The molecule has 0 aliphatic carbocycles. The van der Waals surface area contributed by atoms with Gasteiger partial charge in [0.05, 0.1) is 4.47 Å². The summed E-state index contributed by atoms with van der Waals surface area (Å²) in [5.41, 5.74) is 1.64. The lowest BCUT2D eigenvalue weighted by atomic mass is 10.0. The predicted octanol–water partition coefficient (Wildman–Crippen LogP) is 6.53. The number of amides is 2. The van der Waals surface area contributed by atoms with Crippen molar-refractivity contribution >= 4 is 38.5 Å². The second-order valence-corrected chi connectivity index (χ2v) is 10.7. The highest BCUT2D eigenvalue weighted by Gasteiger charge is 2.31. The van der Waals surface area contributed by atoms with E-state index in [0.717, 1.165) is 20.8 Å². The Morgan fingerprint density at radius 3 is 2.31 bits per heavy atom. The van der Waals surface area contributed by atoms with E-state index in [1.807, 2.05) is 80.6 Å². The van der Waals surface area contributed by atoms with Crippen LogP contribution in [0.25, 0.3) is 10.8 Å². The van der Waals surface area contributed by atoms with Crippen molar-refractivity contribution in [3.63, 3.8) is 0 Å². The van der Waals surface area contributed by atoms with Crippen molar-refractivity contribution < 1.29 is 18.7 Å². The van der Waals surface area contributed by atoms with Crippen LogP contribution in [0.1, 0.15) is 25.0 Å². The summed E-state index contributed by atoms with van der Waals surface area (Å²) < 4.78 is 20.4. The van der Waals surface area contributed by atoms with Crippen LogP contribution in [-0.2, 0) is 22.6 Å². The van der Waals surface area contributed by atoms with Crippen molar-refractivity contribution in [2.24, 2.45) is 5.92 Å². The third-order valence-electron chi connectivity index (χ3n) is 6.40. The Balaban J connectivity index is 1.63. The fourth-order valence-electron chi connectivity index (χ4n) is 4.31. The summed E-state index contributed by atoms with van der Waals surface area (Å²) in [5.74, 6) is -0.166. The van der Waals surface area contributed by atoms with Crippen LogP contribution in [0.2, 0.25) is 0 Å². The zero-order valence-corrected chi connectivity index (χ0v) is 23.7. The monoisotopic (exact) mass is 590 g/mol. The van der Waals surface area contributed by atoms with E-state index in [1.165, 1.54) is 17.0 Å². The lowest BCUT2D eigenvalue weighted by Gasteiger charge is -2.31. The van der Waals surface area contributed by atoms with Gasteiger partial charge < -0.3 is 15.0 Å². The van der Waals surface area contributed by atoms with Crippen LogP contribution in [0.15, 0.2) is 95.5 Å². The van der Waals surface area contributed by atoms with Gasteiger partial charge in [-0.1, -0.05) is 86.6 Å². The third kappa shape index (κ3) is 7.67. The van der Waals surface area contributed by atoms with Gasteiger partial charge in [0.25, 0.3) is 5.91 Å². The lowest BCUT2D eigenvalue weighted by Crippen LogP contribution is -2.52. The Bertz CT molecular complexity index is 1410. The van der Waals surface area contributed by atoms with Crippen molar-refractivity contribution in [2.75, 3.05) is 13.2 Å². The fourth-order valence-corrected chi connectivity index (χ4v) is 4.92. The first kappa shape index (κ1) is 28.3. The van der Waals surface area contributed by atoms with Crippen LogP contribution < -0.4 is 10.1 Å². The van der Waals surface area contributed by atoms with Gasteiger partial charge in [0.15, 0.2) is 6.61 Å². The molecule has 0 aliphatic rings. The first-order valence-electron chi connectivity index (χ1n) is 13.0. The maximum Gasteiger partial charge on any atom is 0.261 e. The van der Waals surface area contributed by atoms with E-state index < -0.39 is 6.04 Å².